The largest absolute Gasteiger partial charge is 0.492 e. The number of hydrogen-bond acceptors (Lipinski definition) is 4. The topological polar surface area (TPSA) is 36.9 Å². The third-order valence-electron chi connectivity index (χ3n) is 7.96. The summed E-state index contributed by atoms with van der Waals surface area (Å²) in [7, 11) is 0. The van der Waals surface area contributed by atoms with Crippen LogP contribution in [0.5, 0.6) is 23.0 Å². The van der Waals surface area contributed by atoms with E-state index in [1.165, 1.54) is 0 Å². The van der Waals surface area contributed by atoms with Crippen molar-refractivity contribution in [2.24, 2.45) is 0 Å². The lowest BCUT2D eigenvalue weighted by molar-refractivity contribution is 0.307. The van der Waals surface area contributed by atoms with Gasteiger partial charge in [0, 0.05) is 32.3 Å². The number of fused-ring (bicyclic) bond motifs is 2. The van der Waals surface area contributed by atoms with Crippen molar-refractivity contribution in [3.63, 3.8) is 0 Å². The zero-order valence-electron chi connectivity index (χ0n) is 25.9. The van der Waals surface area contributed by atoms with Gasteiger partial charge in [-0.05, 0) is 124 Å². The van der Waals surface area contributed by atoms with Gasteiger partial charge in [0.15, 0.2) is 0 Å². The van der Waals surface area contributed by atoms with Crippen LogP contribution in [0.25, 0.3) is 43.1 Å². The Morgan fingerprint density at radius 1 is 0.386 bits per heavy atom. The highest BCUT2D eigenvalue weighted by Crippen LogP contribution is 2.57. The van der Waals surface area contributed by atoms with Crippen LogP contribution in [-0.4, -0.2) is 26.4 Å². The first-order valence-corrected chi connectivity index (χ1v) is 19.0. The zero-order valence-corrected chi connectivity index (χ0v) is 32.3. The molecule has 0 aliphatic carbocycles. The van der Waals surface area contributed by atoms with Gasteiger partial charge >= 0.3 is 0 Å². The van der Waals surface area contributed by atoms with Gasteiger partial charge in [0.1, 0.15) is 23.0 Å². The molecule has 5 rings (SSSR count). The average molecular weight is 856 g/mol. The Labute approximate surface area is 294 Å². The SMILES string of the molecule is CCCCOc1c(Br)cc2cc(Br)c(OCCCC)c3c4c(OCCCC)c(Br)cc5cc(Br)c(OCCCC)c(c1c23)c54. The van der Waals surface area contributed by atoms with Crippen molar-refractivity contribution in [1.82, 2.24) is 0 Å². The van der Waals surface area contributed by atoms with E-state index >= 15 is 0 Å². The van der Waals surface area contributed by atoms with Crippen molar-refractivity contribution in [3.8, 4) is 23.0 Å². The average Bonchev–Trinajstić information content (AvgIpc) is 2.99. The summed E-state index contributed by atoms with van der Waals surface area (Å²) in [4.78, 5) is 0. The Morgan fingerprint density at radius 2 is 0.614 bits per heavy atom. The molecule has 5 aromatic rings. The van der Waals surface area contributed by atoms with Crippen molar-refractivity contribution >= 4 is 107 Å². The van der Waals surface area contributed by atoms with E-state index in [0.29, 0.717) is 26.4 Å². The van der Waals surface area contributed by atoms with Crippen LogP contribution in [-0.2, 0) is 0 Å². The molecular formula is C36H40Br4O4. The second-order valence-corrected chi connectivity index (χ2v) is 14.7. The van der Waals surface area contributed by atoms with Crippen molar-refractivity contribution < 1.29 is 18.9 Å². The van der Waals surface area contributed by atoms with Crippen LogP contribution in [0.1, 0.15) is 79.1 Å². The molecule has 0 radical (unpaired) electrons. The molecule has 44 heavy (non-hydrogen) atoms. The molecule has 0 heterocycles. The maximum atomic E-state index is 6.65. The second kappa shape index (κ2) is 15.4. The summed E-state index contributed by atoms with van der Waals surface area (Å²) in [6, 6.07) is 8.66. The molecule has 0 fully saturated rings. The van der Waals surface area contributed by atoms with Crippen molar-refractivity contribution in [2.75, 3.05) is 26.4 Å². The summed E-state index contributed by atoms with van der Waals surface area (Å²) in [6.07, 6.45) is 8.08. The Hall–Kier alpha value is -1.48. The highest BCUT2D eigenvalue weighted by Gasteiger charge is 2.29. The summed E-state index contributed by atoms with van der Waals surface area (Å²) in [5, 5.41) is 8.44. The van der Waals surface area contributed by atoms with Gasteiger partial charge in [-0.25, -0.2) is 0 Å². The summed E-state index contributed by atoms with van der Waals surface area (Å²) in [5.74, 6) is 3.32. The normalized spacial score (nSPS) is 11.8. The Kier molecular flexibility index (Phi) is 11.9. The molecule has 0 N–H and O–H groups in total. The molecule has 4 nitrogen and oxygen atoms in total. The molecule has 0 spiro atoms. The highest BCUT2D eigenvalue weighted by atomic mass is 79.9. The van der Waals surface area contributed by atoms with Gasteiger partial charge in [0.25, 0.3) is 0 Å². The summed E-state index contributed by atoms with van der Waals surface area (Å²) in [6.45, 7) is 11.2. The number of ether oxygens (including phenoxy) is 4. The Bertz CT molecular complexity index is 1520. The predicted molar refractivity (Wildman–Crippen MR) is 200 cm³/mol. The zero-order chi connectivity index (χ0) is 31.4. The standard InChI is InChI=1S/C36H40Br4O4/c1-5-9-13-41-33-23(37)17-21-18-25(39)35(43-15-11-7-3)31-27(21)29(33)30-28-22(19-24(38)34(30)42-14-10-6-2)20-26(40)36(32(28)31)44-16-12-8-4/h17-20H,5-16H2,1-4H3. The van der Waals surface area contributed by atoms with Crippen LogP contribution < -0.4 is 18.9 Å². The lowest BCUT2D eigenvalue weighted by Gasteiger charge is -2.25. The summed E-state index contributed by atoms with van der Waals surface area (Å²) < 4.78 is 30.3. The number of hydrogen-bond donors (Lipinski definition) is 0. The van der Waals surface area contributed by atoms with Crippen molar-refractivity contribution in [3.05, 3.63) is 42.2 Å². The van der Waals surface area contributed by atoms with Gasteiger partial charge in [-0.3, -0.25) is 0 Å². The summed E-state index contributed by atoms with van der Waals surface area (Å²) >= 11 is 15.6. The van der Waals surface area contributed by atoms with E-state index in [1.54, 1.807) is 0 Å². The molecule has 0 saturated carbocycles. The van der Waals surface area contributed by atoms with Crippen LogP contribution in [0.15, 0.2) is 42.2 Å². The fraction of sp³-hybridized carbons (Fsp3) is 0.444. The van der Waals surface area contributed by atoms with E-state index in [1.807, 2.05) is 0 Å². The van der Waals surface area contributed by atoms with E-state index in [9.17, 15) is 0 Å². The minimum absolute atomic E-state index is 0.626. The van der Waals surface area contributed by atoms with Gasteiger partial charge in [-0.15, -0.1) is 0 Å². The Balaban J connectivity index is 2.05. The first-order chi connectivity index (χ1) is 21.4. The summed E-state index contributed by atoms with van der Waals surface area (Å²) in [5.41, 5.74) is 0. The third-order valence-corrected chi connectivity index (χ3v) is 10.3. The van der Waals surface area contributed by atoms with Gasteiger partial charge in [-0.1, -0.05) is 53.4 Å². The third kappa shape index (κ3) is 6.52. The number of halogens is 4. The maximum absolute atomic E-state index is 6.65. The van der Waals surface area contributed by atoms with Crippen molar-refractivity contribution in [1.29, 1.82) is 0 Å². The van der Waals surface area contributed by atoms with Gasteiger partial charge < -0.3 is 18.9 Å². The smallest absolute Gasteiger partial charge is 0.142 e. The number of benzene rings is 5. The number of unbranched alkanes of at least 4 members (excludes halogenated alkanes) is 4. The van der Waals surface area contributed by atoms with Crippen LogP contribution >= 0.6 is 63.7 Å². The number of rotatable bonds is 16. The van der Waals surface area contributed by atoms with Crippen LogP contribution in [0.4, 0.5) is 0 Å². The van der Waals surface area contributed by atoms with Crippen LogP contribution in [0.2, 0.25) is 0 Å². The molecule has 236 valence electrons. The highest BCUT2D eigenvalue weighted by molar-refractivity contribution is 9.11. The van der Waals surface area contributed by atoms with E-state index in [4.69, 9.17) is 18.9 Å². The molecule has 0 saturated heterocycles. The first kappa shape index (κ1) is 33.9. The van der Waals surface area contributed by atoms with E-state index < -0.39 is 0 Å². The minimum Gasteiger partial charge on any atom is -0.492 e. The minimum atomic E-state index is 0.626. The predicted octanol–water partition coefficient (Wildman–Crippen LogP) is 13.5. The molecule has 0 aromatic heterocycles. The second-order valence-electron chi connectivity index (χ2n) is 11.3. The van der Waals surface area contributed by atoms with E-state index in [2.05, 4.69) is 116 Å². The molecule has 0 aliphatic rings. The lowest BCUT2D eigenvalue weighted by Crippen LogP contribution is -2.05. The molecule has 5 aromatic carbocycles. The monoisotopic (exact) mass is 852 g/mol. The van der Waals surface area contributed by atoms with Crippen molar-refractivity contribution in [2.45, 2.75) is 79.1 Å². The molecule has 8 heteroatoms. The quantitative estimate of drug-likeness (QED) is 0.0563. The molecular weight excluding hydrogens is 816 g/mol. The van der Waals surface area contributed by atoms with Crippen LogP contribution in [0.3, 0.4) is 0 Å². The Morgan fingerprint density at radius 3 is 0.818 bits per heavy atom. The molecule has 0 unspecified atom stereocenters. The van der Waals surface area contributed by atoms with Gasteiger partial charge in [0.05, 0.1) is 44.3 Å². The maximum Gasteiger partial charge on any atom is 0.142 e. The van der Waals surface area contributed by atoms with E-state index in [0.717, 1.165) is 135 Å². The molecule has 0 amide bonds. The van der Waals surface area contributed by atoms with Gasteiger partial charge in [0.2, 0.25) is 0 Å². The van der Waals surface area contributed by atoms with E-state index in [-0.39, 0.29) is 0 Å². The fourth-order valence-electron chi connectivity index (χ4n) is 5.73. The van der Waals surface area contributed by atoms with Gasteiger partial charge in [-0.2, -0.15) is 0 Å². The molecule has 0 atom stereocenters. The molecule has 0 bridgehead atoms. The van der Waals surface area contributed by atoms with Crippen LogP contribution in [0, 0.1) is 0 Å². The first-order valence-electron chi connectivity index (χ1n) is 15.9. The molecule has 0 aliphatic heterocycles. The fourth-order valence-corrected chi connectivity index (χ4v) is 7.97. The lowest BCUT2D eigenvalue weighted by atomic mass is 9.88.